The Balaban J connectivity index is 1.40. The number of rotatable bonds is 7. The number of aliphatic hydroxyl groups is 1. The lowest BCUT2D eigenvalue weighted by atomic mass is 10.0. The van der Waals surface area contributed by atoms with Crippen LogP contribution in [-0.4, -0.2) is 84.4 Å². The fourth-order valence-corrected chi connectivity index (χ4v) is 6.24. The Morgan fingerprint density at radius 2 is 1.70 bits per heavy atom. The minimum atomic E-state index is -0.529. The normalized spacial score (nSPS) is 19.4. The van der Waals surface area contributed by atoms with Crippen LogP contribution in [0, 0.1) is 5.92 Å². The summed E-state index contributed by atoms with van der Waals surface area (Å²) in [5.74, 6) is -0.244. The van der Waals surface area contributed by atoms with Gasteiger partial charge in [0.2, 0.25) is 0 Å². The molecule has 0 aliphatic carbocycles. The third-order valence-corrected chi connectivity index (χ3v) is 9.17. The average Bonchev–Trinajstić information content (AvgIpc) is 3.12. The van der Waals surface area contributed by atoms with Crippen molar-refractivity contribution in [2.24, 2.45) is 5.92 Å². The van der Waals surface area contributed by atoms with Crippen LogP contribution in [0.4, 0.5) is 16.2 Å². The standard InChI is InChI=1S/C40H48N4O6/c1-27-24-44(28(2)26-45)39(47)34-23-32(41-40(48)42-35-19-12-17-30-14-8-9-18-33(30)35)20-21-36(34)50-29(3)13-10-11-22-49-37(27)25-43(4)38(46)31-15-6-5-7-16-31/h5-9,12,14-21,23,27-29,37,45H,10-11,13,22,24-26H2,1-4H3,(H2,41,42,48)/t27-,28+,29+,37-/m0/s1. The summed E-state index contributed by atoms with van der Waals surface area (Å²) < 4.78 is 12.7. The minimum Gasteiger partial charge on any atom is -0.490 e. The zero-order valence-electron chi connectivity index (χ0n) is 29.3. The van der Waals surface area contributed by atoms with Gasteiger partial charge in [0.05, 0.1) is 36.1 Å². The van der Waals surface area contributed by atoms with Crippen LogP contribution in [-0.2, 0) is 4.74 Å². The number of anilines is 2. The van der Waals surface area contributed by atoms with E-state index in [1.54, 1.807) is 54.1 Å². The highest BCUT2D eigenvalue weighted by atomic mass is 16.5. The highest BCUT2D eigenvalue weighted by Crippen LogP contribution is 2.29. The van der Waals surface area contributed by atoms with E-state index in [9.17, 15) is 19.5 Å². The molecule has 0 saturated heterocycles. The van der Waals surface area contributed by atoms with E-state index in [0.717, 1.165) is 30.0 Å². The predicted octanol–water partition coefficient (Wildman–Crippen LogP) is 7.05. The van der Waals surface area contributed by atoms with Crippen LogP contribution in [0.1, 0.15) is 60.7 Å². The largest absolute Gasteiger partial charge is 0.490 e. The summed E-state index contributed by atoms with van der Waals surface area (Å²) in [6, 6.07) is 26.7. The van der Waals surface area contributed by atoms with Crippen molar-refractivity contribution in [1.82, 2.24) is 9.80 Å². The monoisotopic (exact) mass is 680 g/mol. The minimum absolute atomic E-state index is 0.109. The van der Waals surface area contributed by atoms with E-state index in [0.29, 0.717) is 35.8 Å². The first kappa shape index (κ1) is 36.4. The van der Waals surface area contributed by atoms with Crippen molar-refractivity contribution in [3.05, 3.63) is 102 Å². The number of aliphatic hydroxyl groups excluding tert-OH is 1. The fourth-order valence-electron chi connectivity index (χ4n) is 6.24. The summed E-state index contributed by atoms with van der Waals surface area (Å²) in [6.45, 7) is 6.59. The van der Waals surface area contributed by atoms with Gasteiger partial charge in [-0.05, 0) is 74.9 Å². The van der Waals surface area contributed by atoms with Gasteiger partial charge in [-0.2, -0.15) is 0 Å². The molecule has 10 heteroatoms. The Hall–Kier alpha value is -4.93. The van der Waals surface area contributed by atoms with E-state index in [4.69, 9.17) is 9.47 Å². The number of carbonyl (C=O) groups excluding carboxylic acids is 3. The zero-order chi connectivity index (χ0) is 35.6. The molecular formula is C40H48N4O6. The first-order valence-electron chi connectivity index (χ1n) is 17.3. The molecule has 4 aromatic rings. The third kappa shape index (κ3) is 9.19. The van der Waals surface area contributed by atoms with Crippen molar-refractivity contribution >= 4 is 40.0 Å². The van der Waals surface area contributed by atoms with Gasteiger partial charge in [-0.3, -0.25) is 9.59 Å². The molecule has 50 heavy (non-hydrogen) atoms. The molecule has 10 nitrogen and oxygen atoms in total. The number of hydrogen-bond donors (Lipinski definition) is 3. The first-order chi connectivity index (χ1) is 24.1. The van der Waals surface area contributed by atoms with Crippen LogP contribution in [0.2, 0.25) is 0 Å². The number of likely N-dealkylation sites (N-methyl/N-ethyl adjacent to an activating group) is 1. The number of ether oxygens (including phenoxy) is 2. The van der Waals surface area contributed by atoms with Gasteiger partial charge < -0.3 is 35.0 Å². The Morgan fingerprint density at radius 3 is 2.48 bits per heavy atom. The number of hydrogen-bond acceptors (Lipinski definition) is 6. The second-order valence-electron chi connectivity index (χ2n) is 13.2. The highest BCUT2D eigenvalue weighted by molar-refractivity contribution is 6.07. The Bertz CT molecular complexity index is 1760. The molecule has 5 rings (SSSR count). The number of carbonyl (C=O) groups is 3. The SMILES string of the molecule is C[C@@H]1CCCCO[C@@H](CN(C)C(=O)c2ccccc2)[C@@H](C)CN([C@H](C)CO)C(=O)c2cc(NC(=O)Nc3cccc4ccccc34)ccc2O1. The molecule has 4 aromatic carbocycles. The van der Waals surface area contributed by atoms with Crippen molar-refractivity contribution in [2.45, 2.75) is 58.3 Å². The molecule has 1 heterocycles. The maximum Gasteiger partial charge on any atom is 0.323 e. The molecule has 0 unspecified atom stereocenters. The van der Waals surface area contributed by atoms with Gasteiger partial charge in [0.15, 0.2) is 0 Å². The smallest absolute Gasteiger partial charge is 0.323 e. The molecule has 1 aliphatic heterocycles. The topological polar surface area (TPSA) is 120 Å². The van der Waals surface area contributed by atoms with Crippen LogP contribution in [0.25, 0.3) is 10.8 Å². The molecule has 0 saturated carbocycles. The van der Waals surface area contributed by atoms with E-state index < -0.39 is 12.1 Å². The summed E-state index contributed by atoms with van der Waals surface area (Å²) in [7, 11) is 1.76. The molecule has 0 radical (unpaired) electrons. The van der Waals surface area contributed by atoms with E-state index in [1.807, 2.05) is 74.5 Å². The molecular weight excluding hydrogens is 632 g/mol. The predicted molar refractivity (Wildman–Crippen MR) is 197 cm³/mol. The van der Waals surface area contributed by atoms with Crippen molar-refractivity contribution in [1.29, 1.82) is 0 Å². The number of nitrogens with one attached hydrogen (secondary N) is 2. The van der Waals surface area contributed by atoms with Gasteiger partial charge in [0.25, 0.3) is 11.8 Å². The summed E-state index contributed by atoms with van der Waals surface area (Å²) in [6.07, 6.45) is 1.85. The molecule has 1 aliphatic rings. The Morgan fingerprint density at radius 1 is 0.960 bits per heavy atom. The van der Waals surface area contributed by atoms with Gasteiger partial charge in [0.1, 0.15) is 5.75 Å². The molecule has 4 atom stereocenters. The second kappa shape index (κ2) is 17.1. The molecule has 0 fully saturated rings. The molecule has 3 N–H and O–H groups in total. The number of amides is 4. The maximum absolute atomic E-state index is 14.5. The van der Waals surface area contributed by atoms with Crippen LogP contribution in [0.3, 0.4) is 0 Å². The fraction of sp³-hybridized carbons (Fsp3) is 0.375. The molecule has 264 valence electrons. The molecule has 0 spiro atoms. The lowest BCUT2D eigenvalue weighted by Crippen LogP contribution is -2.48. The zero-order valence-corrected chi connectivity index (χ0v) is 29.3. The lowest BCUT2D eigenvalue weighted by molar-refractivity contribution is -0.0149. The number of fused-ring (bicyclic) bond motifs is 2. The van der Waals surface area contributed by atoms with Crippen molar-refractivity contribution in [3.63, 3.8) is 0 Å². The summed E-state index contributed by atoms with van der Waals surface area (Å²) in [4.78, 5) is 44.2. The van der Waals surface area contributed by atoms with Gasteiger partial charge in [-0.25, -0.2) is 4.79 Å². The van der Waals surface area contributed by atoms with Crippen molar-refractivity contribution < 1.29 is 29.0 Å². The van der Waals surface area contributed by atoms with E-state index in [-0.39, 0.29) is 48.7 Å². The van der Waals surface area contributed by atoms with Gasteiger partial charge >= 0.3 is 6.03 Å². The lowest BCUT2D eigenvalue weighted by Gasteiger charge is -2.36. The summed E-state index contributed by atoms with van der Waals surface area (Å²) >= 11 is 0. The van der Waals surface area contributed by atoms with E-state index in [1.165, 1.54) is 0 Å². The third-order valence-electron chi connectivity index (χ3n) is 9.17. The Kier molecular flexibility index (Phi) is 12.5. The van der Waals surface area contributed by atoms with Gasteiger partial charge in [0, 0.05) is 49.3 Å². The molecule has 4 amide bonds. The van der Waals surface area contributed by atoms with E-state index in [2.05, 4.69) is 10.6 Å². The number of urea groups is 1. The van der Waals surface area contributed by atoms with E-state index >= 15 is 0 Å². The molecule has 0 aromatic heterocycles. The second-order valence-corrected chi connectivity index (χ2v) is 13.2. The summed E-state index contributed by atoms with van der Waals surface area (Å²) in [5.41, 5.74) is 1.95. The van der Waals surface area contributed by atoms with Gasteiger partial charge in [-0.15, -0.1) is 0 Å². The van der Waals surface area contributed by atoms with Crippen LogP contribution >= 0.6 is 0 Å². The number of nitrogens with zero attached hydrogens (tertiary/aromatic N) is 2. The highest BCUT2D eigenvalue weighted by Gasteiger charge is 2.31. The van der Waals surface area contributed by atoms with Crippen molar-refractivity contribution in [3.8, 4) is 5.75 Å². The van der Waals surface area contributed by atoms with Crippen molar-refractivity contribution in [2.75, 3.05) is 44.0 Å². The quantitative estimate of drug-likeness (QED) is 0.192. The van der Waals surface area contributed by atoms with Gasteiger partial charge in [-0.1, -0.05) is 61.5 Å². The summed E-state index contributed by atoms with van der Waals surface area (Å²) in [5, 5.41) is 18.0. The van der Waals surface area contributed by atoms with Crippen LogP contribution < -0.4 is 15.4 Å². The van der Waals surface area contributed by atoms with Crippen LogP contribution in [0.15, 0.2) is 91.0 Å². The first-order valence-corrected chi connectivity index (χ1v) is 17.3. The molecule has 0 bridgehead atoms. The average molecular weight is 681 g/mol. The Labute approximate surface area is 294 Å². The van der Waals surface area contributed by atoms with Crippen LogP contribution in [0.5, 0.6) is 5.75 Å². The number of benzene rings is 4. The maximum atomic E-state index is 14.5.